The largest absolute Gasteiger partial charge is 0.330 e. The van der Waals surface area contributed by atoms with Crippen LogP contribution in [0.25, 0.3) is 0 Å². The van der Waals surface area contributed by atoms with Crippen molar-refractivity contribution >= 4 is 5.91 Å². The minimum Gasteiger partial charge on any atom is -0.330 e. The van der Waals surface area contributed by atoms with Crippen molar-refractivity contribution in [3.63, 3.8) is 0 Å². The standard InChI is InChI=1S/C4H10N2O2/c1-3(2-5)4(7)6-8/h3,8H,2,5H2,1H3,(H,6,7). The highest BCUT2D eigenvalue weighted by Crippen LogP contribution is 1.87. The fraction of sp³-hybridized carbons (Fsp3) is 0.750. The van der Waals surface area contributed by atoms with Gasteiger partial charge in [0, 0.05) is 12.5 Å². The molecule has 0 bridgehead atoms. The van der Waals surface area contributed by atoms with Crippen LogP contribution in [0.15, 0.2) is 0 Å². The molecule has 0 aliphatic rings. The topological polar surface area (TPSA) is 75.4 Å². The number of carbonyl (C=O) groups excluding carboxylic acids is 1. The lowest BCUT2D eigenvalue weighted by Crippen LogP contribution is -2.30. The average molecular weight is 118 g/mol. The fourth-order valence-corrected chi connectivity index (χ4v) is 0.217. The summed E-state index contributed by atoms with van der Waals surface area (Å²) in [5.41, 5.74) is 6.57. The van der Waals surface area contributed by atoms with Crippen molar-refractivity contribution in [1.82, 2.24) is 5.48 Å². The molecule has 0 rings (SSSR count). The SMILES string of the molecule is CC(CN)C(=O)NO. The maximum atomic E-state index is 10.3. The average Bonchev–Trinajstić information content (AvgIpc) is 1.84. The van der Waals surface area contributed by atoms with Crippen LogP contribution in [0.2, 0.25) is 0 Å². The summed E-state index contributed by atoms with van der Waals surface area (Å²) < 4.78 is 0. The molecule has 48 valence electrons. The van der Waals surface area contributed by atoms with Gasteiger partial charge in [-0.15, -0.1) is 0 Å². The molecule has 4 heteroatoms. The molecule has 0 aliphatic heterocycles. The number of nitrogens with two attached hydrogens (primary N) is 1. The predicted octanol–water partition coefficient (Wildman–Crippen LogP) is -0.913. The third-order valence-electron chi connectivity index (χ3n) is 0.911. The smallest absolute Gasteiger partial charge is 0.247 e. The van der Waals surface area contributed by atoms with E-state index in [4.69, 9.17) is 10.9 Å². The monoisotopic (exact) mass is 118 g/mol. The van der Waals surface area contributed by atoms with Crippen LogP contribution in [0.5, 0.6) is 0 Å². The first-order chi connectivity index (χ1) is 3.72. The Kier molecular flexibility index (Phi) is 3.14. The first-order valence-electron chi connectivity index (χ1n) is 2.36. The van der Waals surface area contributed by atoms with Crippen molar-refractivity contribution in [3.05, 3.63) is 0 Å². The molecule has 1 atom stereocenters. The summed E-state index contributed by atoms with van der Waals surface area (Å²) in [5, 5.41) is 7.98. The molecular formula is C4H10N2O2. The molecule has 0 aromatic carbocycles. The van der Waals surface area contributed by atoms with E-state index >= 15 is 0 Å². The van der Waals surface area contributed by atoms with Gasteiger partial charge in [-0.3, -0.25) is 10.0 Å². The van der Waals surface area contributed by atoms with Crippen molar-refractivity contribution in [3.8, 4) is 0 Å². The molecular weight excluding hydrogens is 108 g/mol. The van der Waals surface area contributed by atoms with Gasteiger partial charge in [0.1, 0.15) is 0 Å². The first-order valence-corrected chi connectivity index (χ1v) is 2.36. The van der Waals surface area contributed by atoms with Gasteiger partial charge in [0.2, 0.25) is 5.91 Å². The van der Waals surface area contributed by atoms with Gasteiger partial charge in [-0.05, 0) is 0 Å². The van der Waals surface area contributed by atoms with Crippen LogP contribution in [-0.2, 0) is 4.79 Å². The van der Waals surface area contributed by atoms with E-state index in [1.807, 2.05) is 0 Å². The van der Waals surface area contributed by atoms with Crippen LogP contribution in [0, 0.1) is 5.92 Å². The quantitative estimate of drug-likeness (QED) is 0.324. The Morgan fingerprint density at radius 1 is 2.00 bits per heavy atom. The zero-order valence-corrected chi connectivity index (χ0v) is 4.72. The molecule has 0 aromatic heterocycles. The van der Waals surface area contributed by atoms with Gasteiger partial charge >= 0.3 is 0 Å². The van der Waals surface area contributed by atoms with Crippen molar-refractivity contribution in [2.75, 3.05) is 6.54 Å². The van der Waals surface area contributed by atoms with Gasteiger partial charge in [0.25, 0.3) is 0 Å². The summed E-state index contributed by atoms with van der Waals surface area (Å²) in [7, 11) is 0. The van der Waals surface area contributed by atoms with Gasteiger partial charge in [-0.25, -0.2) is 5.48 Å². The Morgan fingerprint density at radius 3 is 2.62 bits per heavy atom. The number of hydrogen-bond acceptors (Lipinski definition) is 3. The van der Waals surface area contributed by atoms with E-state index < -0.39 is 5.91 Å². The second-order valence-corrected chi connectivity index (χ2v) is 1.61. The van der Waals surface area contributed by atoms with Gasteiger partial charge in [-0.1, -0.05) is 6.92 Å². The van der Waals surface area contributed by atoms with E-state index in [1.165, 1.54) is 5.48 Å². The molecule has 0 radical (unpaired) electrons. The van der Waals surface area contributed by atoms with E-state index in [0.29, 0.717) is 0 Å². The van der Waals surface area contributed by atoms with Crippen LogP contribution in [-0.4, -0.2) is 17.7 Å². The zero-order chi connectivity index (χ0) is 6.57. The highest BCUT2D eigenvalue weighted by molar-refractivity contribution is 5.77. The Bertz CT molecular complexity index is 84.1. The van der Waals surface area contributed by atoms with Crippen LogP contribution in [0.1, 0.15) is 6.92 Å². The minimum atomic E-state index is -0.437. The summed E-state index contributed by atoms with van der Waals surface area (Å²) in [5.74, 6) is -0.743. The van der Waals surface area contributed by atoms with Crippen molar-refractivity contribution in [2.24, 2.45) is 11.7 Å². The van der Waals surface area contributed by atoms with Crippen molar-refractivity contribution in [1.29, 1.82) is 0 Å². The first kappa shape index (κ1) is 7.39. The van der Waals surface area contributed by atoms with Crippen LogP contribution in [0.3, 0.4) is 0 Å². The Balaban J connectivity index is 3.46. The van der Waals surface area contributed by atoms with E-state index in [9.17, 15) is 4.79 Å². The minimum absolute atomic E-state index is 0.256. The molecule has 1 unspecified atom stereocenters. The van der Waals surface area contributed by atoms with Crippen LogP contribution >= 0.6 is 0 Å². The maximum Gasteiger partial charge on any atom is 0.247 e. The molecule has 0 fully saturated rings. The lowest BCUT2D eigenvalue weighted by atomic mass is 10.2. The molecule has 0 aromatic rings. The maximum absolute atomic E-state index is 10.3. The summed E-state index contributed by atoms with van der Waals surface area (Å²) in [4.78, 5) is 10.3. The van der Waals surface area contributed by atoms with E-state index in [0.717, 1.165) is 0 Å². The highest BCUT2D eigenvalue weighted by atomic mass is 16.5. The molecule has 0 aliphatic carbocycles. The van der Waals surface area contributed by atoms with Gasteiger partial charge in [0.05, 0.1) is 0 Å². The molecule has 8 heavy (non-hydrogen) atoms. The number of carbonyl (C=O) groups is 1. The summed E-state index contributed by atoms with van der Waals surface area (Å²) in [6, 6.07) is 0. The second-order valence-electron chi connectivity index (χ2n) is 1.61. The third-order valence-corrected chi connectivity index (χ3v) is 0.911. The number of amides is 1. The van der Waals surface area contributed by atoms with Crippen molar-refractivity contribution in [2.45, 2.75) is 6.92 Å². The van der Waals surface area contributed by atoms with Crippen molar-refractivity contribution < 1.29 is 10.0 Å². The third kappa shape index (κ3) is 1.90. The molecule has 4 nitrogen and oxygen atoms in total. The van der Waals surface area contributed by atoms with Gasteiger partial charge in [0.15, 0.2) is 0 Å². The second kappa shape index (κ2) is 3.40. The molecule has 0 spiro atoms. The van der Waals surface area contributed by atoms with Gasteiger partial charge < -0.3 is 5.73 Å². The van der Waals surface area contributed by atoms with Gasteiger partial charge in [-0.2, -0.15) is 0 Å². The highest BCUT2D eigenvalue weighted by Gasteiger charge is 2.07. The fourth-order valence-electron chi connectivity index (χ4n) is 0.217. The molecule has 0 saturated carbocycles. The van der Waals surface area contributed by atoms with Crippen LogP contribution in [0.4, 0.5) is 0 Å². The zero-order valence-electron chi connectivity index (χ0n) is 4.72. The number of hydroxylamine groups is 1. The molecule has 0 heterocycles. The Labute approximate surface area is 47.6 Å². The van der Waals surface area contributed by atoms with Crippen LogP contribution < -0.4 is 11.2 Å². The van der Waals surface area contributed by atoms with E-state index in [-0.39, 0.29) is 12.5 Å². The van der Waals surface area contributed by atoms with E-state index in [1.54, 1.807) is 6.92 Å². The lowest BCUT2D eigenvalue weighted by molar-refractivity contribution is -0.132. The molecule has 0 saturated heterocycles. The Morgan fingerprint density at radius 2 is 2.50 bits per heavy atom. The molecule has 1 amide bonds. The van der Waals surface area contributed by atoms with E-state index in [2.05, 4.69) is 0 Å². The predicted molar refractivity (Wildman–Crippen MR) is 28.1 cm³/mol. The summed E-state index contributed by atoms with van der Waals surface area (Å²) in [6.45, 7) is 1.89. The summed E-state index contributed by atoms with van der Waals surface area (Å²) >= 11 is 0. The number of nitrogens with one attached hydrogen (secondary N) is 1. The lowest BCUT2D eigenvalue weighted by Gasteiger charge is -2.02. The number of hydrogen-bond donors (Lipinski definition) is 3. The Hall–Kier alpha value is -0.610. The number of rotatable bonds is 2. The normalized spacial score (nSPS) is 12.9. The molecule has 4 N–H and O–H groups in total. The summed E-state index contributed by atoms with van der Waals surface area (Å²) in [6.07, 6.45) is 0.